The van der Waals surface area contributed by atoms with Crippen LogP contribution in [0.15, 0.2) is 0 Å². The van der Waals surface area contributed by atoms with Crippen LogP contribution in [-0.2, 0) is 19.7 Å². The molecule has 0 bridgehead atoms. The fourth-order valence-corrected chi connectivity index (χ4v) is 4.27. The van der Waals surface area contributed by atoms with E-state index in [9.17, 15) is 16.8 Å². The second kappa shape index (κ2) is 5.27. The van der Waals surface area contributed by atoms with Gasteiger partial charge in [-0.2, -0.15) is 0 Å². The second-order valence-electron chi connectivity index (χ2n) is 3.78. The van der Waals surface area contributed by atoms with E-state index in [4.69, 9.17) is 0 Å². The highest BCUT2D eigenvalue weighted by molar-refractivity contribution is 7.95. The zero-order valence-corrected chi connectivity index (χ0v) is 11.2. The Hall–Kier alpha value is -0.140. The maximum atomic E-state index is 11.7. The molecule has 0 aromatic carbocycles. The lowest BCUT2D eigenvalue weighted by atomic mass is 10.3. The molecule has 0 aliphatic rings. The van der Waals surface area contributed by atoms with Crippen molar-refractivity contribution in [3.63, 3.8) is 0 Å². The van der Waals surface area contributed by atoms with E-state index < -0.39 is 24.9 Å². The third kappa shape index (κ3) is 5.48. The molecule has 5 nitrogen and oxygen atoms in total. The van der Waals surface area contributed by atoms with Gasteiger partial charge in [0.05, 0.1) is 16.8 Å². The monoisotopic (exact) mass is 257 g/mol. The van der Waals surface area contributed by atoms with Gasteiger partial charge in [0.25, 0.3) is 0 Å². The Labute approximate surface area is 92.1 Å². The van der Waals surface area contributed by atoms with Crippen molar-refractivity contribution < 1.29 is 16.8 Å². The van der Waals surface area contributed by atoms with Gasteiger partial charge in [0.15, 0.2) is 9.84 Å². The van der Waals surface area contributed by atoms with Gasteiger partial charge in [-0.25, -0.2) is 16.8 Å². The number of rotatable bonds is 6. The molecule has 0 saturated carbocycles. The number of hydrogen-bond acceptors (Lipinski definition) is 5. The minimum absolute atomic E-state index is 0.186. The molecule has 15 heavy (non-hydrogen) atoms. The maximum Gasteiger partial charge on any atom is 0.155 e. The highest BCUT2D eigenvalue weighted by Crippen LogP contribution is 2.07. The maximum absolute atomic E-state index is 11.7. The Morgan fingerprint density at radius 3 is 1.87 bits per heavy atom. The van der Waals surface area contributed by atoms with Gasteiger partial charge in [-0.3, -0.25) is 0 Å². The van der Waals surface area contributed by atoms with E-state index in [1.807, 2.05) is 0 Å². The van der Waals surface area contributed by atoms with Gasteiger partial charge in [0.2, 0.25) is 0 Å². The van der Waals surface area contributed by atoms with Crippen molar-refractivity contribution >= 4 is 19.7 Å². The first-order chi connectivity index (χ1) is 6.60. The molecule has 0 spiro atoms. The van der Waals surface area contributed by atoms with Crippen molar-refractivity contribution in [2.75, 3.05) is 24.8 Å². The van der Waals surface area contributed by atoms with Crippen LogP contribution < -0.4 is 5.32 Å². The zero-order chi connectivity index (χ0) is 12.3. The minimum atomic E-state index is -3.35. The Morgan fingerprint density at radius 2 is 1.53 bits per heavy atom. The highest BCUT2D eigenvalue weighted by atomic mass is 32.2. The van der Waals surface area contributed by atoms with Gasteiger partial charge in [0.1, 0.15) is 9.84 Å². The summed E-state index contributed by atoms with van der Waals surface area (Å²) in [5.74, 6) is -0.616. The fourth-order valence-electron chi connectivity index (χ4n) is 0.999. The summed E-state index contributed by atoms with van der Waals surface area (Å²) in [5, 5.41) is 2.26. The molecule has 0 aliphatic carbocycles. The first-order valence-electron chi connectivity index (χ1n) is 4.66. The van der Waals surface area contributed by atoms with Crippen molar-refractivity contribution in [3.8, 4) is 0 Å². The predicted octanol–water partition coefficient (Wildman–Crippen LogP) is -0.558. The standard InChI is InChI=1S/C8H19NO4S2/c1-7(9-3)8(2)15(12,13)6-5-14(4,10)11/h7-9H,5-6H2,1-4H3. The SMILES string of the molecule is CNC(C)C(C)S(=O)(=O)CCS(C)(=O)=O. The van der Waals surface area contributed by atoms with Gasteiger partial charge in [-0.05, 0) is 20.9 Å². The molecule has 0 aromatic rings. The average Bonchev–Trinajstić information content (AvgIpc) is 2.11. The molecule has 0 rings (SSSR count). The number of nitrogens with one attached hydrogen (secondary N) is 1. The van der Waals surface area contributed by atoms with E-state index in [1.54, 1.807) is 20.9 Å². The average molecular weight is 257 g/mol. The van der Waals surface area contributed by atoms with E-state index in [2.05, 4.69) is 5.32 Å². The number of sulfone groups is 2. The van der Waals surface area contributed by atoms with Crippen molar-refractivity contribution in [1.82, 2.24) is 5.32 Å². The molecule has 7 heteroatoms. The summed E-state index contributed by atoms with van der Waals surface area (Å²) in [7, 11) is -4.90. The van der Waals surface area contributed by atoms with Crippen LogP contribution >= 0.6 is 0 Å². The minimum Gasteiger partial charge on any atom is -0.316 e. The third-order valence-corrected chi connectivity index (χ3v) is 5.98. The summed E-state index contributed by atoms with van der Waals surface area (Å²) in [6, 6.07) is -0.186. The molecule has 0 saturated heterocycles. The molecule has 0 amide bonds. The summed E-state index contributed by atoms with van der Waals surface area (Å²) in [5.41, 5.74) is 0. The molecule has 0 aromatic heterocycles. The summed E-state index contributed by atoms with van der Waals surface area (Å²) >= 11 is 0. The van der Waals surface area contributed by atoms with E-state index in [-0.39, 0.29) is 17.5 Å². The van der Waals surface area contributed by atoms with Crippen LogP contribution in [0.1, 0.15) is 13.8 Å². The second-order valence-corrected chi connectivity index (χ2v) is 8.52. The van der Waals surface area contributed by atoms with Crippen LogP contribution in [0, 0.1) is 0 Å². The van der Waals surface area contributed by atoms with Gasteiger partial charge in [0, 0.05) is 12.3 Å². The largest absolute Gasteiger partial charge is 0.316 e. The lowest BCUT2D eigenvalue weighted by Crippen LogP contribution is -2.40. The molecule has 0 heterocycles. The molecule has 92 valence electrons. The van der Waals surface area contributed by atoms with E-state index in [0.717, 1.165) is 6.26 Å². The molecule has 1 N–H and O–H groups in total. The van der Waals surface area contributed by atoms with E-state index in [0.29, 0.717) is 0 Å². The lowest BCUT2D eigenvalue weighted by molar-refractivity contribution is 0.539. The fraction of sp³-hybridized carbons (Fsp3) is 1.00. The topological polar surface area (TPSA) is 80.3 Å². The predicted molar refractivity (Wildman–Crippen MR) is 61.5 cm³/mol. The summed E-state index contributed by atoms with van der Waals surface area (Å²) in [6.07, 6.45) is 1.04. The normalized spacial score (nSPS) is 17.3. The first kappa shape index (κ1) is 14.9. The van der Waals surface area contributed by atoms with Crippen molar-refractivity contribution in [3.05, 3.63) is 0 Å². The van der Waals surface area contributed by atoms with Gasteiger partial charge in [-0.1, -0.05) is 0 Å². The van der Waals surface area contributed by atoms with E-state index >= 15 is 0 Å². The van der Waals surface area contributed by atoms with Crippen molar-refractivity contribution in [2.45, 2.75) is 25.1 Å². The van der Waals surface area contributed by atoms with Crippen LogP contribution in [0.2, 0.25) is 0 Å². The Kier molecular flexibility index (Phi) is 5.22. The van der Waals surface area contributed by atoms with Gasteiger partial charge >= 0.3 is 0 Å². The molecule has 2 unspecified atom stereocenters. The quantitative estimate of drug-likeness (QED) is 0.690. The van der Waals surface area contributed by atoms with Crippen LogP contribution in [0.5, 0.6) is 0 Å². The smallest absolute Gasteiger partial charge is 0.155 e. The van der Waals surface area contributed by atoms with Crippen LogP contribution in [0.3, 0.4) is 0 Å². The van der Waals surface area contributed by atoms with Crippen LogP contribution in [0.4, 0.5) is 0 Å². The summed E-state index contributed by atoms with van der Waals surface area (Å²) in [6.45, 7) is 3.33. The molecule has 0 aliphatic heterocycles. The Bertz CT molecular complexity index is 385. The molecular formula is C8H19NO4S2. The first-order valence-corrected chi connectivity index (χ1v) is 8.44. The zero-order valence-electron chi connectivity index (χ0n) is 9.52. The van der Waals surface area contributed by atoms with Crippen molar-refractivity contribution in [2.24, 2.45) is 0 Å². The molecule has 0 fully saturated rings. The van der Waals surface area contributed by atoms with Gasteiger partial charge in [-0.15, -0.1) is 0 Å². The molecule has 2 atom stereocenters. The molecular weight excluding hydrogens is 238 g/mol. The number of hydrogen-bond donors (Lipinski definition) is 1. The summed E-state index contributed by atoms with van der Waals surface area (Å²) < 4.78 is 45.1. The Balaban J connectivity index is 4.57. The summed E-state index contributed by atoms with van der Waals surface area (Å²) in [4.78, 5) is 0. The third-order valence-electron chi connectivity index (χ3n) is 2.46. The van der Waals surface area contributed by atoms with Crippen LogP contribution in [-0.4, -0.2) is 52.9 Å². The highest BCUT2D eigenvalue weighted by Gasteiger charge is 2.26. The molecule has 0 radical (unpaired) electrons. The van der Waals surface area contributed by atoms with E-state index in [1.165, 1.54) is 0 Å². The van der Waals surface area contributed by atoms with Crippen LogP contribution in [0.25, 0.3) is 0 Å². The van der Waals surface area contributed by atoms with Crippen molar-refractivity contribution in [1.29, 1.82) is 0 Å². The Morgan fingerprint density at radius 1 is 1.07 bits per heavy atom. The van der Waals surface area contributed by atoms with Gasteiger partial charge < -0.3 is 5.32 Å². The lowest BCUT2D eigenvalue weighted by Gasteiger charge is -2.19.